The summed E-state index contributed by atoms with van der Waals surface area (Å²) in [5.41, 5.74) is 3.00. The van der Waals surface area contributed by atoms with Crippen molar-refractivity contribution in [3.05, 3.63) is 53.9 Å². The normalized spacial score (nSPS) is 11.0. The van der Waals surface area contributed by atoms with Gasteiger partial charge in [-0.15, -0.1) is 5.10 Å². The number of aryl methyl sites for hydroxylation is 1. The zero-order valence-corrected chi connectivity index (χ0v) is 19.0. The van der Waals surface area contributed by atoms with Crippen LogP contribution >= 0.6 is 11.8 Å². The molecular formula is C22H24N6O3S. The van der Waals surface area contributed by atoms with E-state index in [0.717, 1.165) is 17.7 Å². The Labute approximate surface area is 190 Å². The maximum Gasteiger partial charge on any atom is 0.237 e. The van der Waals surface area contributed by atoms with E-state index in [1.807, 2.05) is 24.3 Å². The number of thioether (sulfide) groups is 1. The Balaban J connectivity index is 1.44. The van der Waals surface area contributed by atoms with E-state index >= 15 is 0 Å². The third kappa shape index (κ3) is 4.91. The molecule has 0 aliphatic rings. The molecule has 0 unspecified atom stereocenters. The van der Waals surface area contributed by atoms with Crippen LogP contribution in [0.25, 0.3) is 17.1 Å². The van der Waals surface area contributed by atoms with Gasteiger partial charge in [0.1, 0.15) is 0 Å². The summed E-state index contributed by atoms with van der Waals surface area (Å²) in [5, 5.41) is 16.8. The van der Waals surface area contributed by atoms with Crippen molar-refractivity contribution in [3.8, 4) is 28.6 Å². The van der Waals surface area contributed by atoms with Crippen LogP contribution in [-0.2, 0) is 12.2 Å². The number of methoxy groups -OCH3 is 2. The van der Waals surface area contributed by atoms with Crippen molar-refractivity contribution in [1.82, 2.24) is 30.3 Å². The van der Waals surface area contributed by atoms with Gasteiger partial charge in [-0.2, -0.15) is 9.67 Å². The molecule has 10 heteroatoms. The molecule has 2 heterocycles. The third-order valence-electron chi connectivity index (χ3n) is 4.88. The van der Waals surface area contributed by atoms with E-state index in [1.165, 1.54) is 30.2 Å². The SMILES string of the molecule is CCCCc1ccc(-n2nnnc2SCc2nc(-c3ccc(OC)c(OC)c3)no2)cc1. The zero-order chi connectivity index (χ0) is 22.3. The van der Waals surface area contributed by atoms with E-state index in [2.05, 4.69) is 44.7 Å². The van der Waals surface area contributed by atoms with Crippen molar-refractivity contribution >= 4 is 11.8 Å². The fraction of sp³-hybridized carbons (Fsp3) is 0.318. The molecule has 0 saturated heterocycles. The number of rotatable bonds is 10. The van der Waals surface area contributed by atoms with E-state index in [9.17, 15) is 0 Å². The molecule has 0 aliphatic carbocycles. The first kappa shape index (κ1) is 21.8. The lowest BCUT2D eigenvalue weighted by Crippen LogP contribution is -1.99. The fourth-order valence-electron chi connectivity index (χ4n) is 3.15. The van der Waals surface area contributed by atoms with E-state index in [4.69, 9.17) is 14.0 Å². The molecule has 9 nitrogen and oxygen atoms in total. The standard InChI is InChI=1S/C22H24N6O3S/c1-4-5-6-15-7-10-17(11-8-15)28-22(24-26-27-28)32-14-20-23-21(25-31-20)16-9-12-18(29-2)19(13-16)30-3/h7-13H,4-6,14H2,1-3H3. The van der Waals surface area contributed by atoms with Crippen molar-refractivity contribution in [1.29, 1.82) is 0 Å². The summed E-state index contributed by atoms with van der Waals surface area (Å²) in [4.78, 5) is 4.48. The second-order valence-electron chi connectivity index (χ2n) is 7.01. The number of benzene rings is 2. The summed E-state index contributed by atoms with van der Waals surface area (Å²) in [6.07, 6.45) is 3.44. The van der Waals surface area contributed by atoms with Crippen molar-refractivity contribution in [2.45, 2.75) is 37.1 Å². The monoisotopic (exact) mass is 452 g/mol. The first-order valence-electron chi connectivity index (χ1n) is 10.3. The molecule has 0 radical (unpaired) electrons. The topological polar surface area (TPSA) is 101 Å². The van der Waals surface area contributed by atoms with Crippen LogP contribution in [0.2, 0.25) is 0 Å². The Bertz CT molecular complexity index is 1160. The molecule has 0 N–H and O–H groups in total. The summed E-state index contributed by atoms with van der Waals surface area (Å²) in [5.74, 6) is 2.63. The summed E-state index contributed by atoms with van der Waals surface area (Å²) in [6.45, 7) is 2.19. The largest absolute Gasteiger partial charge is 0.493 e. The Morgan fingerprint density at radius 3 is 2.59 bits per heavy atom. The molecule has 0 aliphatic heterocycles. The van der Waals surface area contributed by atoms with E-state index in [-0.39, 0.29) is 0 Å². The Kier molecular flexibility index (Phi) is 7.00. The van der Waals surface area contributed by atoms with Crippen molar-refractivity contribution in [3.63, 3.8) is 0 Å². The number of tetrazole rings is 1. The van der Waals surface area contributed by atoms with Crippen LogP contribution in [0.5, 0.6) is 11.5 Å². The number of nitrogens with zero attached hydrogens (tertiary/aromatic N) is 6. The van der Waals surface area contributed by atoms with Gasteiger partial charge in [-0.1, -0.05) is 42.4 Å². The van der Waals surface area contributed by atoms with Crippen LogP contribution in [0.1, 0.15) is 31.2 Å². The lowest BCUT2D eigenvalue weighted by atomic mass is 10.1. The van der Waals surface area contributed by atoms with Crippen LogP contribution in [0.15, 0.2) is 52.1 Å². The zero-order valence-electron chi connectivity index (χ0n) is 18.2. The average Bonchev–Trinajstić information content (AvgIpc) is 3.51. The predicted octanol–water partition coefficient (Wildman–Crippen LogP) is 4.36. The van der Waals surface area contributed by atoms with Gasteiger partial charge in [0.2, 0.25) is 16.9 Å². The molecule has 0 saturated carbocycles. The van der Waals surface area contributed by atoms with E-state index in [0.29, 0.717) is 34.1 Å². The number of ether oxygens (including phenoxy) is 2. The van der Waals surface area contributed by atoms with Gasteiger partial charge >= 0.3 is 0 Å². The minimum atomic E-state index is 0.440. The first-order valence-corrected chi connectivity index (χ1v) is 11.3. The van der Waals surface area contributed by atoms with Gasteiger partial charge in [-0.25, -0.2) is 0 Å². The Hall–Kier alpha value is -3.40. The second kappa shape index (κ2) is 10.3. The molecule has 4 aromatic rings. The predicted molar refractivity (Wildman–Crippen MR) is 120 cm³/mol. The lowest BCUT2D eigenvalue weighted by Gasteiger charge is -2.07. The molecule has 2 aromatic heterocycles. The first-order chi connectivity index (χ1) is 15.7. The van der Waals surface area contributed by atoms with Crippen LogP contribution in [0.4, 0.5) is 0 Å². The highest BCUT2D eigenvalue weighted by molar-refractivity contribution is 7.98. The average molecular weight is 453 g/mol. The summed E-state index contributed by atoms with van der Waals surface area (Å²) in [7, 11) is 3.18. The van der Waals surface area contributed by atoms with Gasteiger partial charge in [-0.05, 0) is 59.2 Å². The molecule has 32 heavy (non-hydrogen) atoms. The van der Waals surface area contributed by atoms with Gasteiger partial charge in [0, 0.05) is 5.56 Å². The van der Waals surface area contributed by atoms with Gasteiger partial charge in [0.25, 0.3) is 0 Å². The molecule has 0 bridgehead atoms. The minimum absolute atomic E-state index is 0.440. The third-order valence-corrected chi connectivity index (χ3v) is 5.78. The molecule has 166 valence electrons. The van der Waals surface area contributed by atoms with Gasteiger partial charge < -0.3 is 14.0 Å². The number of hydrogen-bond donors (Lipinski definition) is 0. The summed E-state index contributed by atoms with van der Waals surface area (Å²) < 4.78 is 17.7. The van der Waals surface area contributed by atoms with Gasteiger partial charge in [0.15, 0.2) is 11.5 Å². The molecule has 2 aromatic carbocycles. The molecule has 0 spiro atoms. The van der Waals surface area contributed by atoms with Gasteiger partial charge in [0.05, 0.1) is 25.7 Å². The quantitative estimate of drug-likeness (QED) is 0.325. The molecular weight excluding hydrogens is 428 g/mol. The smallest absolute Gasteiger partial charge is 0.237 e. The van der Waals surface area contributed by atoms with Crippen LogP contribution in [0, 0.1) is 0 Å². The Morgan fingerprint density at radius 2 is 1.84 bits per heavy atom. The van der Waals surface area contributed by atoms with E-state index < -0.39 is 0 Å². The van der Waals surface area contributed by atoms with Crippen molar-refractivity contribution in [2.75, 3.05) is 14.2 Å². The molecule has 0 atom stereocenters. The summed E-state index contributed by atoms with van der Waals surface area (Å²) >= 11 is 1.43. The second-order valence-corrected chi connectivity index (χ2v) is 7.96. The summed E-state index contributed by atoms with van der Waals surface area (Å²) in [6, 6.07) is 13.8. The molecule has 0 fully saturated rings. The minimum Gasteiger partial charge on any atom is -0.493 e. The van der Waals surface area contributed by atoms with Gasteiger partial charge in [-0.3, -0.25) is 0 Å². The highest BCUT2D eigenvalue weighted by Gasteiger charge is 2.15. The van der Waals surface area contributed by atoms with E-state index in [1.54, 1.807) is 25.0 Å². The Morgan fingerprint density at radius 1 is 1.03 bits per heavy atom. The van der Waals surface area contributed by atoms with Crippen LogP contribution in [0.3, 0.4) is 0 Å². The molecule has 4 rings (SSSR count). The lowest BCUT2D eigenvalue weighted by molar-refractivity contribution is 0.355. The van der Waals surface area contributed by atoms with Crippen molar-refractivity contribution < 1.29 is 14.0 Å². The fourth-order valence-corrected chi connectivity index (χ4v) is 3.88. The highest BCUT2D eigenvalue weighted by Crippen LogP contribution is 2.31. The molecule has 0 amide bonds. The highest BCUT2D eigenvalue weighted by atomic mass is 32.2. The van der Waals surface area contributed by atoms with Crippen molar-refractivity contribution in [2.24, 2.45) is 0 Å². The number of unbranched alkanes of at least 4 members (excludes halogenated alkanes) is 1. The number of aromatic nitrogens is 6. The van der Waals surface area contributed by atoms with Crippen LogP contribution < -0.4 is 9.47 Å². The maximum absolute atomic E-state index is 5.41. The van der Waals surface area contributed by atoms with Crippen LogP contribution in [-0.4, -0.2) is 44.6 Å². The number of hydrogen-bond acceptors (Lipinski definition) is 9. The maximum atomic E-state index is 5.41.